The number of carboxylic acids is 1. The van der Waals surface area contributed by atoms with Gasteiger partial charge in [-0.2, -0.15) is 0 Å². The van der Waals surface area contributed by atoms with E-state index in [2.05, 4.69) is 11.9 Å². The number of amides is 1. The van der Waals surface area contributed by atoms with Crippen LogP contribution in [0.1, 0.15) is 32.6 Å². The van der Waals surface area contributed by atoms with Gasteiger partial charge in [0.1, 0.15) is 12.6 Å². The lowest BCUT2D eigenvalue weighted by Crippen LogP contribution is -2.50. The molecule has 0 saturated heterocycles. The Morgan fingerprint density at radius 2 is 2.12 bits per heavy atom. The van der Waals surface area contributed by atoms with E-state index in [1.54, 1.807) is 0 Å². The normalized spacial score (nSPS) is 19.4. The molecule has 0 aromatic heterocycles. The highest BCUT2D eigenvalue weighted by Crippen LogP contribution is 2.40. The van der Waals surface area contributed by atoms with E-state index in [0.29, 0.717) is 0 Å². The van der Waals surface area contributed by atoms with Crippen molar-refractivity contribution in [2.24, 2.45) is 5.41 Å². The standard InChI is InChI=1S/C12H19NO4/c1-3-8-17-11(16)13-9(10(14)15)12(2)6-4-5-7-12/h3,9H,1,4-8H2,2H3,(H,13,16)(H,14,15). The van der Waals surface area contributed by atoms with Crippen LogP contribution in [0.4, 0.5) is 4.79 Å². The summed E-state index contributed by atoms with van der Waals surface area (Å²) in [5, 5.41) is 11.6. The minimum absolute atomic E-state index is 0.0783. The van der Waals surface area contributed by atoms with Crippen molar-refractivity contribution in [3.8, 4) is 0 Å². The number of hydrogen-bond donors (Lipinski definition) is 2. The Balaban J connectivity index is 2.63. The fraction of sp³-hybridized carbons (Fsp3) is 0.667. The maximum absolute atomic E-state index is 11.4. The number of hydrogen-bond acceptors (Lipinski definition) is 3. The van der Waals surface area contributed by atoms with Crippen molar-refractivity contribution >= 4 is 12.1 Å². The SMILES string of the molecule is C=CCOC(=O)NC(C(=O)O)C1(C)CCCC1. The molecule has 1 aliphatic carbocycles. The fourth-order valence-corrected chi connectivity index (χ4v) is 2.30. The van der Waals surface area contributed by atoms with Crippen molar-refractivity contribution in [3.05, 3.63) is 12.7 Å². The summed E-state index contributed by atoms with van der Waals surface area (Å²) in [5.74, 6) is -1.01. The summed E-state index contributed by atoms with van der Waals surface area (Å²) >= 11 is 0. The smallest absolute Gasteiger partial charge is 0.408 e. The Bertz CT molecular complexity index is 308. The zero-order valence-corrected chi connectivity index (χ0v) is 10.1. The van der Waals surface area contributed by atoms with E-state index < -0.39 is 18.1 Å². The Hall–Kier alpha value is -1.52. The van der Waals surface area contributed by atoms with Crippen LogP contribution in [-0.4, -0.2) is 29.8 Å². The summed E-state index contributed by atoms with van der Waals surface area (Å²) in [6.45, 7) is 5.39. The maximum atomic E-state index is 11.4. The molecular weight excluding hydrogens is 222 g/mol. The van der Waals surface area contributed by atoms with Gasteiger partial charge < -0.3 is 15.2 Å². The molecule has 5 nitrogen and oxygen atoms in total. The molecule has 0 aliphatic heterocycles. The quantitative estimate of drug-likeness (QED) is 0.721. The second-order valence-electron chi connectivity index (χ2n) is 4.66. The number of carbonyl (C=O) groups excluding carboxylic acids is 1. The zero-order valence-electron chi connectivity index (χ0n) is 10.1. The van der Waals surface area contributed by atoms with Crippen LogP contribution in [-0.2, 0) is 9.53 Å². The van der Waals surface area contributed by atoms with E-state index in [-0.39, 0.29) is 12.0 Å². The van der Waals surface area contributed by atoms with Crippen LogP contribution in [0.2, 0.25) is 0 Å². The number of ether oxygens (including phenoxy) is 1. The molecular formula is C12H19NO4. The molecule has 0 radical (unpaired) electrons. The van der Waals surface area contributed by atoms with Crippen LogP contribution in [0.3, 0.4) is 0 Å². The third-order valence-electron chi connectivity index (χ3n) is 3.28. The Labute approximate surface area is 101 Å². The molecule has 1 unspecified atom stereocenters. The monoisotopic (exact) mass is 241 g/mol. The summed E-state index contributed by atoms with van der Waals surface area (Å²) < 4.78 is 4.74. The molecule has 1 rings (SSSR count). The highest BCUT2D eigenvalue weighted by Gasteiger charge is 2.42. The molecule has 96 valence electrons. The first kappa shape index (κ1) is 13.5. The van der Waals surface area contributed by atoms with Crippen molar-refractivity contribution < 1.29 is 19.4 Å². The number of carboxylic acid groups (broad SMARTS) is 1. The minimum atomic E-state index is -1.01. The Morgan fingerprint density at radius 1 is 1.53 bits per heavy atom. The second kappa shape index (κ2) is 5.70. The number of alkyl carbamates (subject to hydrolysis) is 1. The van der Waals surface area contributed by atoms with Gasteiger partial charge in [0.25, 0.3) is 0 Å². The topological polar surface area (TPSA) is 75.6 Å². The first-order valence-corrected chi connectivity index (χ1v) is 5.76. The van der Waals surface area contributed by atoms with Crippen LogP contribution < -0.4 is 5.32 Å². The summed E-state index contributed by atoms with van der Waals surface area (Å²) in [6, 6.07) is -0.887. The molecule has 0 aromatic carbocycles. The average molecular weight is 241 g/mol. The molecule has 1 fully saturated rings. The lowest BCUT2D eigenvalue weighted by Gasteiger charge is -2.31. The van der Waals surface area contributed by atoms with Gasteiger partial charge in [-0.1, -0.05) is 32.4 Å². The van der Waals surface area contributed by atoms with Gasteiger partial charge in [0.05, 0.1) is 0 Å². The van der Waals surface area contributed by atoms with Gasteiger partial charge in [0.2, 0.25) is 0 Å². The second-order valence-corrected chi connectivity index (χ2v) is 4.66. The molecule has 1 amide bonds. The predicted molar refractivity (Wildman–Crippen MR) is 62.7 cm³/mol. The van der Waals surface area contributed by atoms with Gasteiger partial charge in [-0.25, -0.2) is 9.59 Å². The van der Waals surface area contributed by atoms with Crippen LogP contribution in [0, 0.1) is 5.41 Å². The molecule has 1 atom stereocenters. The third kappa shape index (κ3) is 3.47. The van der Waals surface area contributed by atoms with E-state index in [1.165, 1.54) is 6.08 Å². The minimum Gasteiger partial charge on any atom is -0.480 e. The molecule has 0 spiro atoms. The predicted octanol–water partition coefficient (Wildman–Crippen LogP) is 1.93. The van der Waals surface area contributed by atoms with E-state index in [9.17, 15) is 14.7 Å². The van der Waals surface area contributed by atoms with E-state index in [1.807, 2.05) is 6.92 Å². The largest absolute Gasteiger partial charge is 0.480 e. The number of nitrogens with one attached hydrogen (secondary N) is 1. The van der Waals surface area contributed by atoms with Crippen LogP contribution >= 0.6 is 0 Å². The Kier molecular flexibility index (Phi) is 4.54. The van der Waals surface area contributed by atoms with Crippen molar-refractivity contribution in [2.45, 2.75) is 38.6 Å². The van der Waals surface area contributed by atoms with Crippen molar-refractivity contribution in [1.82, 2.24) is 5.32 Å². The van der Waals surface area contributed by atoms with Gasteiger partial charge in [-0.15, -0.1) is 0 Å². The van der Waals surface area contributed by atoms with Gasteiger partial charge in [-0.3, -0.25) is 0 Å². The van der Waals surface area contributed by atoms with Gasteiger partial charge in [-0.05, 0) is 18.3 Å². The fourth-order valence-electron chi connectivity index (χ4n) is 2.30. The van der Waals surface area contributed by atoms with Gasteiger partial charge in [0.15, 0.2) is 0 Å². The first-order chi connectivity index (χ1) is 7.99. The summed E-state index contributed by atoms with van der Waals surface area (Å²) in [6.07, 6.45) is 4.36. The molecule has 1 aliphatic rings. The number of rotatable bonds is 5. The highest BCUT2D eigenvalue weighted by molar-refractivity contribution is 5.80. The average Bonchev–Trinajstić information content (AvgIpc) is 2.70. The van der Waals surface area contributed by atoms with E-state index in [0.717, 1.165) is 25.7 Å². The van der Waals surface area contributed by atoms with Crippen molar-refractivity contribution in [1.29, 1.82) is 0 Å². The number of carbonyl (C=O) groups is 2. The molecule has 1 saturated carbocycles. The molecule has 17 heavy (non-hydrogen) atoms. The van der Waals surface area contributed by atoms with E-state index >= 15 is 0 Å². The van der Waals surface area contributed by atoms with Crippen LogP contribution in [0.15, 0.2) is 12.7 Å². The summed E-state index contributed by atoms with van der Waals surface area (Å²) in [4.78, 5) is 22.6. The van der Waals surface area contributed by atoms with Gasteiger partial charge in [0, 0.05) is 0 Å². The van der Waals surface area contributed by atoms with Crippen molar-refractivity contribution in [3.63, 3.8) is 0 Å². The van der Waals surface area contributed by atoms with E-state index in [4.69, 9.17) is 4.74 Å². The molecule has 2 N–H and O–H groups in total. The zero-order chi connectivity index (χ0) is 12.9. The number of aliphatic carboxylic acids is 1. The Morgan fingerprint density at radius 3 is 2.59 bits per heavy atom. The third-order valence-corrected chi connectivity index (χ3v) is 3.28. The maximum Gasteiger partial charge on any atom is 0.408 e. The molecule has 0 bridgehead atoms. The van der Waals surface area contributed by atoms with Crippen molar-refractivity contribution in [2.75, 3.05) is 6.61 Å². The molecule has 0 heterocycles. The first-order valence-electron chi connectivity index (χ1n) is 5.76. The van der Waals surface area contributed by atoms with Crippen LogP contribution in [0.5, 0.6) is 0 Å². The molecule has 0 aromatic rings. The summed E-state index contributed by atoms with van der Waals surface area (Å²) in [5.41, 5.74) is -0.376. The van der Waals surface area contributed by atoms with Gasteiger partial charge >= 0.3 is 12.1 Å². The summed E-state index contributed by atoms with van der Waals surface area (Å²) in [7, 11) is 0. The molecule has 5 heteroatoms. The lowest BCUT2D eigenvalue weighted by molar-refractivity contribution is -0.142. The lowest BCUT2D eigenvalue weighted by atomic mass is 9.80. The van der Waals surface area contributed by atoms with Crippen LogP contribution in [0.25, 0.3) is 0 Å². The highest BCUT2D eigenvalue weighted by atomic mass is 16.5.